The van der Waals surface area contributed by atoms with Crippen LogP contribution in [0.15, 0.2) is 35.0 Å². The van der Waals surface area contributed by atoms with Crippen LogP contribution in [0.5, 0.6) is 5.75 Å². The molecule has 0 amide bonds. The maximum absolute atomic E-state index is 5.29. The summed E-state index contributed by atoms with van der Waals surface area (Å²) in [6.07, 6.45) is 5.17. The Morgan fingerprint density at radius 1 is 1.42 bits per heavy atom. The van der Waals surface area contributed by atoms with Crippen molar-refractivity contribution in [3.63, 3.8) is 0 Å². The maximum Gasteiger partial charge on any atom is 0.150 e. The quantitative estimate of drug-likeness (QED) is 0.916. The van der Waals surface area contributed by atoms with E-state index in [1.165, 1.54) is 17.5 Å². The molecule has 1 aliphatic carbocycles. The van der Waals surface area contributed by atoms with E-state index >= 15 is 0 Å². The first-order valence-electron chi connectivity index (χ1n) is 6.66. The van der Waals surface area contributed by atoms with Gasteiger partial charge in [-0.25, -0.2) is 0 Å². The van der Waals surface area contributed by atoms with Gasteiger partial charge < -0.3 is 14.6 Å². The lowest BCUT2D eigenvalue weighted by Crippen LogP contribution is -2.24. The summed E-state index contributed by atoms with van der Waals surface area (Å²) in [5.74, 6) is 1.82. The topological polar surface area (TPSA) is 47.3 Å². The van der Waals surface area contributed by atoms with Gasteiger partial charge in [0.05, 0.1) is 19.9 Å². The number of hydrogen-bond acceptors (Lipinski definition) is 4. The first-order valence-corrected chi connectivity index (χ1v) is 6.66. The highest BCUT2D eigenvalue weighted by molar-refractivity contribution is 5.39. The number of aryl methyl sites for hydroxylation is 1. The van der Waals surface area contributed by atoms with Gasteiger partial charge >= 0.3 is 0 Å². The summed E-state index contributed by atoms with van der Waals surface area (Å²) in [6, 6.07) is 8.64. The van der Waals surface area contributed by atoms with E-state index in [2.05, 4.69) is 22.6 Å². The number of aromatic nitrogens is 1. The molecule has 3 rings (SSSR count). The van der Waals surface area contributed by atoms with Crippen LogP contribution < -0.4 is 10.1 Å². The Morgan fingerprint density at radius 2 is 2.37 bits per heavy atom. The highest BCUT2D eigenvalue weighted by Gasteiger charge is 2.20. The third kappa shape index (κ3) is 2.63. The zero-order valence-electron chi connectivity index (χ0n) is 11.1. The van der Waals surface area contributed by atoms with E-state index in [4.69, 9.17) is 9.26 Å². The van der Waals surface area contributed by atoms with Gasteiger partial charge in [0.2, 0.25) is 0 Å². The molecule has 0 spiro atoms. The van der Waals surface area contributed by atoms with Crippen LogP contribution in [0.1, 0.15) is 35.8 Å². The minimum absolute atomic E-state index is 0.389. The predicted molar refractivity (Wildman–Crippen MR) is 72.0 cm³/mol. The van der Waals surface area contributed by atoms with Crippen molar-refractivity contribution in [2.45, 2.75) is 31.8 Å². The van der Waals surface area contributed by atoms with Crippen LogP contribution in [0.2, 0.25) is 0 Å². The second kappa shape index (κ2) is 5.45. The molecule has 1 aromatic carbocycles. The van der Waals surface area contributed by atoms with Gasteiger partial charge in [-0.15, -0.1) is 0 Å². The molecule has 100 valence electrons. The smallest absolute Gasteiger partial charge is 0.150 e. The zero-order valence-corrected chi connectivity index (χ0v) is 11.1. The maximum atomic E-state index is 5.29. The Hall–Kier alpha value is -1.81. The molecular formula is C15H18N2O2. The van der Waals surface area contributed by atoms with E-state index in [-0.39, 0.29) is 0 Å². The summed E-state index contributed by atoms with van der Waals surface area (Å²) in [4.78, 5) is 0. The fraction of sp³-hybridized carbons (Fsp3) is 0.400. The predicted octanol–water partition coefficient (Wildman–Crippen LogP) is 2.85. The molecule has 4 heteroatoms. The van der Waals surface area contributed by atoms with Crippen molar-refractivity contribution >= 4 is 0 Å². The highest BCUT2D eigenvalue weighted by Crippen LogP contribution is 2.32. The number of methoxy groups -OCH3 is 1. The molecule has 0 aliphatic heterocycles. The third-order valence-electron chi connectivity index (χ3n) is 3.68. The van der Waals surface area contributed by atoms with Gasteiger partial charge in [-0.2, -0.15) is 0 Å². The van der Waals surface area contributed by atoms with Gasteiger partial charge in [0, 0.05) is 12.1 Å². The molecule has 19 heavy (non-hydrogen) atoms. The molecule has 2 aromatic rings. The normalized spacial score (nSPS) is 18.1. The van der Waals surface area contributed by atoms with E-state index in [1.807, 2.05) is 12.1 Å². The van der Waals surface area contributed by atoms with E-state index in [1.54, 1.807) is 13.3 Å². The van der Waals surface area contributed by atoms with Crippen molar-refractivity contribution in [1.82, 2.24) is 10.5 Å². The second-order valence-electron chi connectivity index (χ2n) is 4.87. The van der Waals surface area contributed by atoms with Crippen LogP contribution in [-0.4, -0.2) is 12.3 Å². The molecular weight excluding hydrogens is 240 g/mol. The Morgan fingerprint density at radius 3 is 3.16 bits per heavy atom. The van der Waals surface area contributed by atoms with Crippen LogP contribution in [0.4, 0.5) is 0 Å². The highest BCUT2D eigenvalue weighted by atomic mass is 16.5. The molecule has 0 fully saturated rings. The van der Waals surface area contributed by atoms with Gasteiger partial charge in [-0.05, 0) is 42.5 Å². The van der Waals surface area contributed by atoms with Gasteiger partial charge in [0.15, 0.2) is 0 Å². The number of nitrogens with one attached hydrogen (secondary N) is 1. The second-order valence-corrected chi connectivity index (χ2v) is 4.87. The number of fused-ring (bicyclic) bond motifs is 1. The van der Waals surface area contributed by atoms with Crippen LogP contribution in [0.3, 0.4) is 0 Å². The summed E-state index contributed by atoms with van der Waals surface area (Å²) in [6.45, 7) is 0.718. The fourth-order valence-electron chi connectivity index (χ4n) is 2.69. The van der Waals surface area contributed by atoms with Crippen LogP contribution in [-0.2, 0) is 13.0 Å². The number of hydrogen-bond donors (Lipinski definition) is 1. The molecule has 1 aromatic heterocycles. The molecule has 0 saturated carbocycles. The first-order chi connectivity index (χ1) is 9.36. The summed E-state index contributed by atoms with van der Waals surface area (Å²) in [5.41, 5.74) is 2.77. The minimum atomic E-state index is 0.389. The zero-order chi connectivity index (χ0) is 13.1. The van der Waals surface area contributed by atoms with Gasteiger partial charge in [-0.1, -0.05) is 11.2 Å². The lowest BCUT2D eigenvalue weighted by molar-refractivity contribution is 0.355. The molecule has 0 saturated heterocycles. The van der Waals surface area contributed by atoms with Crippen molar-refractivity contribution in [3.8, 4) is 5.75 Å². The average molecular weight is 258 g/mol. The van der Waals surface area contributed by atoms with E-state index in [0.717, 1.165) is 30.9 Å². The summed E-state index contributed by atoms with van der Waals surface area (Å²) >= 11 is 0. The Kier molecular flexibility index (Phi) is 3.51. The van der Waals surface area contributed by atoms with Crippen LogP contribution in [0.25, 0.3) is 0 Å². The molecule has 4 nitrogen and oxygen atoms in total. The lowest BCUT2D eigenvalue weighted by atomic mass is 9.87. The van der Waals surface area contributed by atoms with Crippen LogP contribution >= 0.6 is 0 Å². The van der Waals surface area contributed by atoms with Crippen LogP contribution in [0, 0.1) is 0 Å². The lowest BCUT2D eigenvalue weighted by Gasteiger charge is -2.26. The SMILES string of the molecule is COc1ccc2c(c1)CCCC2NCc1ccno1. The fourth-order valence-corrected chi connectivity index (χ4v) is 2.69. The van der Waals surface area contributed by atoms with Gasteiger partial charge in [-0.3, -0.25) is 0 Å². The molecule has 0 bridgehead atoms. The largest absolute Gasteiger partial charge is 0.497 e. The molecule has 1 unspecified atom stereocenters. The monoisotopic (exact) mass is 258 g/mol. The van der Waals surface area contributed by atoms with E-state index in [0.29, 0.717) is 6.04 Å². The minimum Gasteiger partial charge on any atom is -0.497 e. The first kappa shape index (κ1) is 12.2. The van der Waals surface area contributed by atoms with E-state index in [9.17, 15) is 0 Å². The van der Waals surface area contributed by atoms with Gasteiger partial charge in [0.1, 0.15) is 11.5 Å². The molecule has 0 radical (unpaired) electrons. The number of nitrogens with zero attached hydrogens (tertiary/aromatic N) is 1. The standard InChI is InChI=1S/C15H18N2O2/c1-18-12-5-6-14-11(9-12)3-2-4-15(14)16-10-13-7-8-17-19-13/h5-9,15-16H,2-4,10H2,1H3. The van der Waals surface area contributed by atoms with Crippen molar-refractivity contribution in [2.24, 2.45) is 0 Å². The Labute approximate surface area is 112 Å². The molecule has 1 atom stereocenters. The molecule has 1 heterocycles. The Bertz CT molecular complexity index is 537. The van der Waals surface area contributed by atoms with Crippen molar-refractivity contribution < 1.29 is 9.26 Å². The van der Waals surface area contributed by atoms with Crippen molar-refractivity contribution in [3.05, 3.63) is 47.3 Å². The number of ether oxygens (including phenoxy) is 1. The summed E-state index contributed by atoms with van der Waals surface area (Å²) < 4.78 is 10.4. The van der Waals surface area contributed by atoms with Gasteiger partial charge in [0.25, 0.3) is 0 Å². The average Bonchev–Trinajstić information content (AvgIpc) is 2.97. The summed E-state index contributed by atoms with van der Waals surface area (Å²) in [7, 11) is 1.71. The molecule has 1 aliphatic rings. The number of rotatable bonds is 4. The third-order valence-corrected chi connectivity index (χ3v) is 3.68. The van der Waals surface area contributed by atoms with Crippen molar-refractivity contribution in [1.29, 1.82) is 0 Å². The summed E-state index contributed by atoms with van der Waals surface area (Å²) in [5, 5.41) is 7.26. The van der Waals surface area contributed by atoms with E-state index < -0.39 is 0 Å². The molecule has 1 N–H and O–H groups in total. The Balaban J connectivity index is 1.74. The van der Waals surface area contributed by atoms with Crippen molar-refractivity contribution in [2.75, 3.05) is 7.11 Å². The number of benzene rings is 1.